The van der Waals surface area contributed by atoms with Gasteiger partial charge in [-0.1, -0.05) is 42.5 Å². The van der Waals surface area contributed by atoms with E-state index in [2.05, 4.69) is 34.6 Å². The minimum atomic E-state index is 0.125. The zero-order chi connectivity index (χ0) is 16.1. The summed E-state index contributed by atoms with van der Waals surface area (Å²) in [7, 11) is 0. The van der Waals surface area contributed by atoms with Crippen LogP contribution in [0.3, 0.4) is 0 Å². The number of H-pyrrole nitrogens is 1. The molecule has 0 aliphatic carbocycles. The van der Waals surface area contributed by atoms with Crippen molar-refractivity contribution in [2.75, 3.05) is 6.54 Å². The van der Waals surface area contributed by atoms with Crippen molar-refractivity contribution in [3.63, 3.8) is 0 Å². The zero-order valence-electron chi connectivity index (χ0n) is 13.4. The van der Waals surface area contributed by atoms with Crippen molar-refractivity contribution >= 4 is 10.9 Å². The van der Waals surface area contributed by atoms with Crippen LogP contribution in [0.4, 0.5) is 0 Å². The van der Waals surface area contributed by atoms with E-state index in [0.29, 0.717) is 6.54 Å². The van der Waals surface area contributed by atoms with E-state index < -0.39 is 0 Å². The lowest BCUT2D eigenvalue weighted by Crippen LogP contribution is -2.20. The Morgan fingerprint density at radius 3 is 2.57 bits per heavy atom. The summed E-state index contributed by atoms with van der Waals surface area (Å²) in [5.41, 5.74) is 4.18. The average molecular weight is 306 g/mol. The number of hydrogen-bond acceptors (Lipinski definition) is 2. The summed E-state index contributed by atoms with van der Waals surface area (Å²) in [6.45, 7) is 3.52. The Kier molecular flexibility index (Phi) is 4.89. The van der Waals surface area contributed by atoms with E-state index in [0.717, 1.165) is 41.5 Å². The van der Waals surface area contributed by atoms with Gasteiger partial charge < -0.3 is 10.3 Å². The number of aromatic nitrogens is 1. The number of benzene rings is 2. The number of rotatable bonds is 6. The second kappa shape index (κ2) is 7.25. The molecule has 0 aliphatic heterocycles. The largest absolute Gasteiger partial charge is 0.357 e. The summed E-state index contributed by atoms with van der Waals surface area (Å²) in [5, 5.41) is 4.20. The number of aryl methyl sites for hydroxylation is 1. The molecule has 2 aromatic carbocycles. The van der Waals surface area contributed by atoms with Crippen molar-refractivity contribution in [2.24, 2.45) is 0 Å². The lowest BCUT2D eigenvalue weighted by molar-refractivity contribution is 0.639. The summed E-state index contributed by atoms with van der Waals surface area (Å²) in [6.07, 6.45) is 2.15. The molecule has 0 bridgehead atoms. The fraction of sp³-hybridized carbons (Fsp3) is 0.250. The molecular formula is C20H22N2O. The van der Waals surface area contributed by atoms with Gasteiger partial charge in [-0.2, -0.15) is 0 Å². The highest BCUT2D eigenvalue weighted by atomic mass is 16.1. The van der Waals surface area contributed by atoms with Crippen LogP contribution in [0, 0.1) is 6.92 Å². The van der Waals surface area contributed by atoms with E-state index in [-0.39, 0.29) is 5.43 Å². The lowest BCUT2D eigenvalue weighted by atomic mass is 10.1. The van der Waals surface area contributed by atoms with Gasteiger partial charge in [0.2, 0.25) is 0 Å². The first-order chi connectivity index (χ1) is 11.3. The molecule has 0 saturated heterocycles. The number of fused-ring (bicyclic) bond motifs is 1. The third kappa shape index (κ3) is 3.69. The SMILES string of the molecule is Cc1c(CNCCCc2ccccc2)[nH]c2ccccc2c1=O. The smallest absolute Gasteiger partial charge is 0.192 e. The van der Waals surface area contributed by atoms with E-state index in [1.807, 2.05) is 37.3 Å². The standard InChI is InChI=1S/C20H22N2O/c1-15-19(22-18-12-6-5-11-17(18)20(15)23)14-21-13-7-10-16-8-3-2-4-9-16/h2-6,8-9,11-12,21H,7,10,13-14H2,1H3,(H,22,23). The molecule has 0 saturated carbocycles. The number of aromatic amines is 1. The maximum absolute atomic E-state index is 12.4. The maximum atomic E-state index is 12.4. The maximum Gasteiger partial charge on any atom is 0.192 e. The number of hydrogen-bond donors (Lipinski definition) is 2. The second-order valence-corrected chi connectivity index (χ2v) is 5.87. The first-order valence-electron chi connectivity index (χ1n) is 8.11. The molecule has 0 aliphatic rings. The molecule has 2 N–H and O–H groups in total. The highest BCUT2D eigenvalue weighted by molar-refractivity contribution is 5.79. The predicted molar refractivity (Wildman–Crippen MR) is 95.8 cm³/mol. The van der Waals surface area contributed by atoms with Crippen LogP contribution < -0.4 is 10.7 Å². The topological polar surface area (TPSA) is 44.9 Å². The van der Waals surface area contributed by atoms with Crippen LogP contribution in [0.15, 0.2) is 59.4 Å². The molecule has 3 rings (SSSR count). The van der Waals surface area contributed by atoms with Gasteiger partial charge in [-0.25, -0.2) is 0 Å². The molecular weight excluding hydrogens is 284 g/mol. The van der Waals surface area contributed by atoms with Gasteiger partial charge in [0.15, 0.2) is 5.43 Å². The van der Waals surface area contributed by atoms with E-state index in [1.54, 1.807) is 0 Å². The van der Waals surface area contributed by atoms with E-state index in [9.17, 15) is 4.79 Å². The Bertz CT molecular complexity index is 837. The van der Waals surface area contributed by atoms with Crippen molar-refractivity contribution in [1.82, 2.24) is 10.3 Å². The number of pyridine rings is 1. The highest BCUT2D eigenvalue weighted by Crippen LogP contribution is 2.10. The van der Waals surface area contributed by atoms with Gasteiger partial charge in [0.05, 0.1) is 0 Å². The molecule has 1 aromatic heterocycles. The van der Waals surface area contributed by atoms with Crippen molar-refractivity contribution in [2.45, 2.75) is 26.3 Å². The van der Waals surface area contributed by atoms with Gasteiger partial charge in [-0.15, -0.1) is 0 Å². The van der Waals surface area contributed by atoms with Crippen LogP contribution in [0.2, 0.25) is 0 Å². The Balaban J connectivity index is 1.59. The molecule has 0 amide bonds. The van der Waals surface area contributed by atoms with Gasteiger partial charge in [0.25, 0.3) is 0 Å². The van der Waals surface area contributed by atoms with Crippen molar-refractivity contribution in [3.8, 4) is 0 Å². The molecule has 3 aromatic rings. The van der Waals surface area contributed by atoms with Gasteiger partial charge in [0, 0.05) is 28.7 Å². The van der Waals surface area contributed by atoms with Crippen molar-refractivity contribution in [3.05, 3.63) is 81.6 Å². The lowest BCUT2D eigenvalue weighted by Gasteiger charge is -2.10. The third-order valence-electron chi connectivity index (χ3n) is 4.21. The van der Waals surface area contributed by atoms with E-state index in [1.165, 1.54) is 5.56 Å². The molecule has 23 heavy (non-hydrogen) atoms. The summed E-state index contributed by atoms with van der Waals surface area (Å²) in [4.78, 5) is 15.8. The fourth-order valence-electron chi connectivity index (χ4n) is 2.84. The monoisotopic (exact) mass is 306 g/mol. The Hall–Kier alpha value is -2.39. The van der Waals surface area contributed by atoms with Crippen molar-refractivity contribution in [1.29, 1.82) is 0 Å². The van der Waals surface area contributed by atoms with Gasteiger partial charge in [-0.3, -0.25) is 4.79 Å². The van der Waals surface area contributed by atoms with Gasteiger partial charge in [0.1, 0.15) is 0 Å². The molecule has 1 heterocycles. The molecule has 0 unspecified atom stereocenters. The Morgan fingerprint density at radius 2 is 1.74 bits per heavy atom. The van der Waals surface area contributed by atoms with E-state index in [4.69, 9.17) is 0 Å². The zero-order valence-corrected chi connectivity index (χ0v) is 13.4. The van der Waals surface area contributed by atoms with Gasteiger partial charge in [-0.05, 0) is 44.0 Å². The molecule has 0 radical (unpaired) electrons. The first kappa shape index (κ1) is 15.5. The average Bonchev–Trinajstić information content (AvgIpc) is 2.60. The number of nitrogens with one attached hydrogen (secondary N) is 2. The minimum Gasteiger partial charge on any atom is -0.357 e. The van der Waals surface area contributed by atoms with E-state index >= 15 is 0 Å². The van der Waals surface area contributed by atoms with Crippen LogP contribution in [0.25, 0.3) is 10.9 Å². The van der Waals surface area contributed by atoms with Crippen LogP contribution in [0.1, 0.15) is 23.2 Å². The molecule has 0 atom stereocenters. The fourth-order valence-corrected chi connectivity index (χ4v) is 2.84. The summed E-state index contributed by atoms with van der Waals surface area (Å²) in [6, 6.07) is 18.2. The summed E-state index contributed by atoms with van der Waals surface area (Å²) >= 11 is 0. The van der Waals surface area contributed by atoms with Crippen LogP contribution >= 0.6 is 0 Å². The molecule has 0 spiro atoms. The number of para-hydroxylation sites is 1. The second-order valence-electron chi connectivity index (χ2n) is 5.87. The first-order valence-corrected chi connectivity index (χ1v) is 8.11. The Labute approximate surface area is 136 Å². The summed E-state index contributed by atoms with van der Waals surface area (Å²) < 4.78 is 0. The quantitative estimate of drug-likeness (QED) is 0.684. The molecule has 3 heteroatoms. The predicted octanol–water partition coefficient (Wildman–Crippen LogP) is 3.56. The summed E-state index contributed by atoms with van der Waals surface area (Å²) in [5.74, 6) is 0. The van der Waals surface area contributed by atoms with Crippen LogP contribution in [-0.2, 0) is 13.0 Å². The minimum absolute atomic E-state index is 0.125. The normalized spacial score (nSPS) is 11.0. The van der Waals surface area contributed by atoms with Gasteiger partial charge >= 0.3 is 0 Å². The molecule has 118 valence electrons. The van der Waals surface area contributed by atoms with Crippen LogP contribution in [0.5, 0.6) is 0 Å². The highest BCUT2D eigenvalue weighted by Gasteiger charge is 2.07. The van der Waals surface area contributed by atoms with Crippen LogP contribution in [-0.4, -0.2) is 11.5 Å². The van der Waals surface area contributed by atoms with Crippen molar-refractivity contribution < 1.29 is 0 Å². The molecule has 0 fully saturated rings. The molecule has 3 nitrogen and oxygen atoms in total. The third-order valence-corrected chi connectivity index (χ3v) is 4.21. The Morgan fingerprint density at radius 1 is 1.00 bits per heavy atom.